The van der Waals surface area contributed by atoms with Gasteiger partial charge >= 0.3 is 0 Å². The highest BCUT2D eigenvalue weighted by molar-refractivity contribution is 7.09. The number of aliphatic hydroxyl groups is 1. The van der Waals surface area contributed by atoms with E-state index < -0.39 is 0 Å². The quantitative estimate of drug-likeness (QED) is 0.851. The van der Waals surface area contributed by atoms with Crippen LogP contribution in [0.5, 0.6) is 0 Å². The van der Waals surface area contributed by atoms with Gasteiger partial charge in [-0.3, -0.25) is 0 Å². The Bertz CT molecular complexity index is 351. The van der Waals surface area contributed by atoms with E-state index in [2.05, 4.69) is 43.4 Å². The number of hydrogen-bond donors (Lipinski definition) is 2. The summed E-state index contributed by atoms with van der Waals surface area (Å²) >= 11 is 1.71. The Labute approximate surface area is 108 Å². The van der Waals surface area contributed by atoms with Crippen LogP contribution in [0.2, 0.25) is 0 Å². The number of rotatable bonds is 5. The second kappa shape index (κ2) is 5.46. The summed E-state index contributed by atoms with van der Waals surface area (Å²) in [4.78, 5) is 4.63. The normalized spacial score (nSPS) is 15.9. The molecule has 1 aromatic heterocycles. The first-order valence-corrected chi connectivity index (χ1v) is 6.99. The summed E-state index contributed by atoms with van der Waals surface area (Å²) < 4.78 is 0. The van der Waals surface area contributed by atoms with Crippen molar-refractivity contribution < 1.29 is 5.11 Å². The SMILES string of the molecule is CCC(C)(CO)NCc1csc(C(C)(C)C)n1. The highest BCUT2D eigenvalue weighted by Gasteiger charge is 2.21. The lowest BCUT2D eigenvalue weighted by molar-refractivity contribution is 0.168. The van der Waals surface area contributed by atoms with Gasteiger partial charge in [0.15, 0.2) is 0 Å². The molecule has 1 atom stereocenters. The molecule has 0 spiro atoms. The topological polar surface area (TPSA) is 45.1 Å². The number of nitrogens with one attached hydrogen (secondary N) is 1. The van der Waals surface area contributed by atoms with Gasteiger partial charge in [0.2, 0.25) is 0 Å². The highest BCUT2D eigenvalue weighted by Crippen LogP contribution is 2.25. The fraction of sp³-hybridized carbons (Fsp3) is 0.769. The third-order valence-electron chi connectivity index (χ3n) is 3.02. The van der Waals surface area contributed by atoms with Crippen LogP contribution in [0.3, 0.4) is 0 Å². The van der Waals surface area contributed by atoms with Gasteiger partial charge in [-0.15, -0.1) is 11.3 Å². The Hall–Kier alpha value is -0.450. The summed E-state index contributed by atoms with van der Waals surface area (Å²) in [6.07, 6.45) is 0.903. The third-order valence-corrected chi connectivity index (χ3v) is 4.34. The van der Waals surface area contributed by atoms with E-state index in [0.717, 1.165) is 23.7 Å². The van der Waals surface area contributed by atoms with Gasteiger partial charge in [0, 0.05) is 22.9 Å². The Morgan fingerprint density at radius 1 is 1.35 bits per heavy atom. The van der Waals surface area contributed by atoms with Crippen LogP contribution >= 0.6 is 11.3 Å². The molecule has 1 aromatic rings. The van der Waals surface area contributed by atoms with Crippen LogP contribution in [0.15, 0.2) is 5.38 Å². The molecule has 0 fully saturated rings. The molecule has 17 heavy (non-hydrogen) atoms. The van der Waals surface area contributed by atoms with Crippen LogP contribution in [0, 0.1) is 0 Å². The number of hydrogen-bond acceptors (Lipinski definition) is 4. The maximum Gasteiger partial charge on any atom is 0.0982 e. The Morgan fingerprint density at radius 3 is 2.41 bits per heavy atom. The fourth-order valence-electron chi connectivity index (χ4n) is 1.33. The van der Waals surface area contributed by atoms with Gasteiger partial charge in [-0.2, -0.15) is 0 Å². The standard InChI is InChI=1S/C13H24N2OS/c1-6-13(5,9-16)14-7-10-8-17-11(15-10)12(2,3)4/h8,14,16H,6-7,9H2,1-5H3. The second-order valence-corrected chi connectivity index (χ2v) is 6.68. The predicted octanol–water partition coefficient (Wildman–Crippen LogP) is 2.69. The van der Waals surface area contributed by atoms with Crippen LogP contribution in [0.25, 0.3) is 0 Å². The van der Waals surface area contributed by atoms with Crippen molar-refractivity contribution in [1.82, 2.24) is 10.3 Å². The lowest BCUT2D eigenvalue weighted by Crippen LogP contribution is -2.44. The minimum atomic E-state index is -0.203. The van der Waals surface area contributed by atoms with Crippen molar-refractivity contribution >= 4 is 11.3 Å². The zero-order chi connectivity index (χ0) is 13.1. The van der Waals surface area contributed by atoms with E-state index >= 15 is 0 Å². The van der Waals surface area contributed by atoms with E-state index in [0.29, 0.717) is 0 Å². The summed E-state index contributed by atoms with van der Waals surface area (Å²) in [7, 11) is 0. The third kappa shape index (κ3) is 4.05. The smallest absolute Gasteiger partial charge is 0.0982 e. The molecule has 2 N–H and O–H groups in total. The average Bonchev–Trinajstić information content (AvgIpc) is 2.74. The van der Waals surface area contributed by atoms with Crippen LogP contribution in [-0.4, -0.2) is 22.2 Å². The molecule has 1 unspecified atom stereocenters. The maximum atomic E-state index is 9.32. The molecule has 0 aromatic carbocycles. The van der Waals surface area contributed by atoms with Crippen LogP contribution in [-0.2, 0) is 12.0 Å². The number of aromatic nitrogens is 1. The molecule has 1 heterocycles. The summed E-state index contributed by atoms with van der Waals surface area (Å²) in [6.45, 7) is 11.5. The van der Waals surface area contributed by atoms with E-state index in [1.165, 1.54) is 0 Å². The number of thiazole rings is 1. The van der Waals surface area contributed by atoms with Gasteiger partial charge < -0.3 is 10.4 Å². The minimum absolute atomic E-state index is 0.119. The van der Waals surface area contributed by atoms with Crippen molar-refractivity contribution in [2.75, 3.05) is 6.61 Å². The first kappa shape index (κ1) is 14.6. The van der Waals surface area contributed by atoms with Crippen LogP contribution in [0.1, 0.15) is 51.7 Å². The van der Waals surface area contributed by atoms with Crippen molar-refractivity contribution in [3.63, 3.8) is 0 Å². The molecular weight excluding hydrogens is 232 g/mol. The average molecular weight is 256 g/mol. The molecule has 0 aliphatic rings. The monoisotopic (exact) mass is 256 g/mol. The molecule has 0 radical (unpaired) electrons. The van der Waals surface area contributed by atoms with Gasteiger partial charge in [-0.05, 0) is 13.3 Å². The van der Waals surface area contributed by atoms with Crippen LogP contribution in [0.4, 0.5) is 0 Å². The zero-order valence-corrected chi connectivity index (χ0v) is 12.3. The zero-order valence-electron chi connectivity index (χ0n) is 11.5. The molecule has 1 rings (SSSR count). The van der Waals surface area contributed by atoms with Gasteiger partial charge in [0.1, 0.15) is 0 Å². The van der Waals surface area contributed by atoms with E-state index in [9.17, 15) is 5.11 Å². The maximum absolute atomic E-state index is 9.32. The molecule has 0 saturated heterocycles. The molecule has 98 valence electrons. The molecule has 0 bridgehead atoms. The molecule has 0 amide bonds. The number of nitrogens with zero attached hydrogens (tertiary/aromatic N) is 1. The minimum Gasteiger partial charge on any atom is -0.394 e. The Morgan fingerprint density at radius 2 is 2.00 bits per heavy atom. The Kier molecular flexibility index (Phi) is 4.69. The summed E-state index contributed by atoms with van der Waals surface area (Å²) in [5.41, 5.74) is 0.979. The van der Waals surface area contributed by atoms with Crippen molar-refractivity contribution in [3.8, 4) is 0 Å². The van der Waals surface area contributed by atoms with Crippen molar-refractivity contribution in [2.45, 2.75) is 58.5 Å². The van der Waals surface area contributed by atoms with E-state index in [-0.39, 0.29) is 17.6 Å². The molecule has 0 aliphatic carbocycles. The van der Waals surface area contributed by atoms with Gasteiger partial charge in [-0.25, -0.2) is 4.98 Å². The van der Waals surface area contributed by atoms with Gasteiger partial charge in [0.25, 0.3) is 0 Å². The Balaban J connectivity index is 2.62. The lowest BCUT2D eigenvalue weighted by atomic mass is 9.98. The molecule has 4 heteroatoms. The largest absolute Gasteiger partial charge is 0.394 e. The van der Waals surface area contributed by atoms with Gasteiger partial charge in [-0.1, -0.05) is 27.7 Å². The first-order chi connectivity index (χ1) is 7.80. The molecule has 0 aliphatic heterocycles. The summed E-state index contributed by atoms with van der Waals surface area (Å²) in [5, 5.41) is 15.9. The predicted molar refractivity (Wildman–Crippen MR) is 73.4 cm³/mol. The van der Waals surface area contributed by atoms with E-state index in [1.54, 1.807) is 11.3 Å². The van der Waals surface area contributed by atoms with Gasteiger partial charge in [0.05, 0.1) is 17.3 Å². The fourth-order valence-corrected chi connectivity index (χ4v) is 2.24. The second-order valence-electron chi connectivity index (χ2n) is 5.82. The molecule has 3 nitrogen and oxygen atoms in total. The van der Waals surface area contributed by atoms with Crippen molar-refractivity contribution in [1.29, 1.82) is 0 Å². The lowest BCUT2D eigenvalue weighted by Gasteiger charge is -2.26. The highest BCUT2D eigenvalue weighted by atomic mass is 32.1. The first-order valence-electron chi connectivity index (χ1n) is 6.11. The van der Waals surface area contributed by atoms with Crippen molar-refractivity contribution in [3.05, 3.63) is 16.1 Å². The molecule has 0 saturated carbocycles. The summed E-state index contributed by atoms with van der Waals surface area (Å²) in [6, 6.07) is 0. The van der Waals surface area contributed by atoms with E-state index in [1.807, 2.05) is 6.92 Å². The number of aliphatic hydroxyl groups excluding tert-OH is 1. The molecular formula is C13H24N2OS. The van der Waals surface area contributed by atoms with E-state index in [4.69, 9.17) is 0 Å². The summed E-state index contributed by atoms with van der Waals surface area (Å²) in [5.74, 6) is 0. The van der Waals surface area contributed by atoms with Crippen LogP contribution < -0.4 is 5.32 Å². The van der Waals surface area contributed by atoms with Crippen molar-refractivity contribution in [2.24, 2.45) is 0 Å².